The molecule has 2 aliphatic rings. The largest absolute Gasteiger partial charge is 0.395 e. The van der Waals surface area contributed by atoms with E-state index in [2.05, 4.69) is 18.7 Å². The van der Waals surface area contributed by atoms with Gasteiger partial charge in [0.2, 0.25) is 0 Å². The molecule has 4 heteroatoms. The molecule has 0 spiro atoms. The highest BCUT2D eigenvalue weighted by molar-refractivity contribution is 4.88. The van der Waals surface area contributed by atoms with Crippen molar-refractivity contribution in [3.8, 4) is 0 Å². The van der Waals surface area contributed by atoms with E-state index in [1.54, 1.807) is 0 Å². The Balaban J connectivity index is 1.83. The van der Waals surface area contributed by atoms with Crippen LogP contribution in [-0.2, 0) is 0 Å². The van der Waals surface area contributed by atoms with Gasteiger partial charge in [-0.25, -0.2) is 0 Å². The van der Waals surface area contributed by atoms with Gasteiger partial charge in [0, 0.05) is 19.1 Å². The Morgan fingerprint density at radius 1 is 1.05 bits per heavy atom. The fraction of sp³-hybridized carbons (Fsp3) is 1.00. The number of rotatable bonds is 4. The number of hydrogen-bond donors (Lipinski definition) is 3. The van der Waals surface area contributed by atoms with Crippen molar-refractivity contribution >= 4 is 0 Å². The maximum atomic E-state index is 9.83. The van der Waals surface area contributed by atoms with Crippen molar-refractivity contribution in [2.24, 2.45) is 17.8 Å². The number of β-amino-alcohol motifs (C(OH)–C–C–N with tert-alkyl or cyclic N) is 1. The summed E-state index contributed by atoms with van der Waals surface area (Å²) in [7, 11) is 0. The molecule has 4 nitrogen and oxygen atoms in total. The lowest BCUT2D eigenvalue weighted by atomic mass is 9.76. The van der Waals surface area contributed by atoms with Crippen molar-refractivity contribution in [3.05, 3.63) is 0 Å². The van der Waals surface area contributed by atoms with Crippen LogP contribution >= 0.6 is 0 Å². The third-order valence-corrected chi connectivity index (χ3v) is 5.43. The van der Waals surface area contributed by atoms with Gasteiger partial charge in [-0.2, -0.15) is 0 Å². The van der Waals surface area contributed by atoms with Gasteiger partial charge in [0.25, 0.3) is 0 Å². The zero-order valence-corrected chi connectivity index (χ0v) is 12.9. The monoisotopic (exact) mass is 285 g/mol. The summed E-state index contributed by atoms with van der Waals surface area (Å²) in [5.74, 6) is 2.34. The molecule has 0 aromatic carbocycles. The van der Waals surface area contributed by atoms with Crippen LogP contribution in [0.25, 0.3) is 0 Å². The molecule has 3 N–H and O–H groups in total. The van der Waals surface area contributed by atoms with Crippen molar-refractivity contribution in [1.29, 1.82) is 0 Å². The predicted molar refractivity (Wildman–Crippen MR) is 79.4 cm³/mol. The first kappa shape index (κ1) is 16.2. The Labute approximate surface area is 122 Å². The van der Waals surface area contributed by atoms with Crippen molar-refractivity contribution < 1.29 is 15.3 Å². The number of nitrogens with zero attached hydrogens (tertiary/aromatic N) is 1. The molecule has 0 amide bonds. The second-order valence-electron chi connectivity index (χ2n) is 7.19. The fourth-order valence-corrected chi connectivity index (χ4v) is 3.88. The van der Waals surface area contributed by atoms with Crippen molar-refractivity contribution in [1.82, 2.24) is 4.90 Å². The maximum absolute atomic E-state index is 9.83. The Morgan fingerprint density at radius 2 is 1.70 bits per heavy atom. The fourth-order valence-electron chi connectivity index (χ4n) is 3.88. The van der Waals surface area contributed by atoms with E-state index in [9.17, 15) is 15.3 Å². The number of aliphatic hydroxyl groups excluding tert-OH is 3. The highest BCUT2D eigenvalue weighted by Crippen LogP contribution is 2.34. The van der Waals surface area contributed by atoms with E-state index in [1.807, 2.05) is 0 Å². The molecule has 118 valence electrons. The molecule has 0 bridgehead atoms. The quantitative estimate of drug-likeness (QED) is 0.727. The lowest BCUT2D eigenvalue weighted by Gasteiger charge is -2.42. The topological polar surface area (TPSA) is 63.9 Å². The number of aliphatic hydroxyl groups is 3. The van der Waals surface area contributed by atoms with E-state index >= 15 is 0 Å². The lowest BCUT2D eigenvalue weighted by molar-refractivity contribution is -0.0761. The Bertz CT molecular complexity index is 289. The molecule has 1 aliphatic carbocycles. The predicted octanol–water partition coefficient (Wildman–Crippen LogP) is 1.24. The van der Waals surface area contributed by atoms with Gasteiger partial charge in [0.05, 0.1) is 18.8 Å². The minimum Gasteiger partial charge on any atom is -0.395 e. The van der Waals surface area contributed by atoms with Crippen LogP contribution in [0.4, 0.5) is 0 Å². The summed E-state index contributed by atoms with van der Waals surface area (Å²) >= 11 is 0. The first-order chi connectivity index (χ1) is 9.51. The van der Waals surface area contributed by atoms with Gasteiger partial charge in [-0.3, -0.25) is 4.90 Å². The second kappa shape index (κ2) is 7.21. The highest BCUT2D eigenvalue weighted by Gasteiger charge is 2.35. The van der Waals surface area contributed by atoms with Crippen LogP contribution in [0.5, 0.6) is 0 Å². The molecule has 0 aromatic heterocycles. The van der Waals surface area contributed by atoms with Crippen molar-refractivity contribution in [3.63, 3.8) is 0 Å². The van der Waals surface area contributed by atoms with Crippen LogP contribution in [0.1, 0.15) is 46.0 Å². The van der Waals surface area contributed by atoms with Crippen LogP contribution in [0.2, 0.25) is 0 Å². The summed E-state index contributed by atoms with van der Waals surface area (Å²) in [6.07, 6.45) is 4.28. The van der Waals surface area contributed by atoms with Gasteiger partial charge in [-0.05, 0) is 49.9 Å². The third kappa shape index (κ3) is 3.94. The standard InChI is InChI=1S/C16H31NO3/c1-11(2)13-5-3-12(4-6-13)8-17-9-16(20)15(19)7-14(17)10-18/h11-16,18-20H,3-10H2,1-2H3/t12?,13?,14-,15?,16+/m1/s1. The normalized spacial score (nSPS) is 40.2. The van der Waals surface area contributed by atoms with Gasteiger partial charge < -0.3 is 15.3 Å². The number of likely N-dealkylation sites (tertiary alicyclic amines) is 1. The Morgan fingerprint density at radius 3 is 2.25 bits per heavy atom. The van der Waals surface area contributed by atoms with Crippen LogP contribution in [-0.4, -0.2) is 58.2 Å². The molecule has 1 heterocycles. The molecular formula is C16H31NO3. The molecule has 0 aromatic rings. The molecule has 0 radical (unpaired) electrons. The molecule has 2 fully saturated rings. The molecule has 1 saturated carbocycles. The van der Waals surface area contributed by atoms with Gasteiger partial charge >= 0.3 is 0 Å². The van der Waals surface area contributed by atoms with Gasteiger partial charge in [-0.1, -0.05) is 13.8 Å². The van der Waals surface area contributed by atoms with E-state index in [0.29, 0.717) is 18.9 Å². The van der Waals surface area contributed by atoms with E-state index < -0.39 is 12.2 Å². The van der Waals surface area contributed by atoms with Gasteiger partial charge in [0.1, 0.15) is 0 Å². The summed E-state index contributed by atoms with van der Waals surface area (Å²) < 4.78 is 0. The summed E-state index contributed by atoms with van der Waals surface area (Å²) in [6, 6.07) is 0.0104. The Kier molecular flexibility index (Phi) is 5.84. The van der Waals surface area contributed by atoms with E-state index in [-0.39, 0.29) is 12.6 Å². The molecule has 2 rings (SSSR count). The summed E-state index contributed by atoms with van der Waals surface area (Å²) in [4.78, 5) is 2.19. The van der Waals surface area contributed by atoms with Crippen LogP contribution in [0.15, 0.2) is 0 Å². The second-order valence-corrected chi connectivity index (χ2v) is 7.19. The molecule has 1 saturated heterocycles. The highest BCUT2D eigenvalue weighted by atomic mass is 16.3. The van der Waals surface area contributed by atoms with Gasteiger partial charge in [0.15, 0.2) is 0 Å². The maximum Gasteiger partial charge on any atom is 0.0926 e. The number of piperidine rings is 1. The van der Waals surface area contributed by atoms with E-state index in [4.69, 9.17) is 0 Å². The van der Waals surface area contributed by atoms with E-state index in [0.717, 1.165) is 18.4 Å². The molecule has 3 atom stereocenters. The number of hydrogen-bond acceptors (Lipinski definition) is 4. The molecular weight excluding hydrogens is 254 g/mol. The van der Waals surface area contributed by atoms with Gasteiger partial charge in [-0.15, -0.1) is 0 Å². The lowest BCUT2D eigenvalue weighted by Crippen LogP contribution is -2.54. The Hall–Kier alpha value is -0.160. The first-order valence-electron chi connectivity index (χ1n) is 8.22. The summed E-state index contributed by atoms with van der Waals surface area (Å²) in [5, 5.41) is 29.0. The average molecular weight is 285 g/mol. The smallest absolute Gasteiger partial charge is 0.0926 e. The first-order valence-corrected chi connectivity index (χ1v) is 8.22. The van der Waals surface area contributed by atoms with E-state index in [1.165, 1.54) is 25.7 Å². The van der Waals surface area contributed by atoms with Crippen molar-refractivity contribution in [2.45, 2.75) is 64.2 Å². The minimum absolute atomic E-state index is 0.0104. The third-order valence-electron chi connectivity index (χ3n) is 5.43. The molecule has 20 heavy (non-hydrogen) atoms. The average Bonchev–Trinajstić information content (AvgIpc) is 2.43. The summed E-state index contributed by atoms with van der Waals surface area (Å²) in [6.45, 7) is 6.16. The van der Waals surface area contributed by atoms with Crippen LogP contribution in [0.3, 0.4) is 0 Å². The van der Waals surface area contributed by atoms with Crippen LogP contribution < -0.4 is 0 Å². The zero-order valence-electron chi connectivity index (χ0n) is 12.9. The zero-order chi connectivity index (χ0) is 14.7. The minimum atomic E-state index is -0.680. The SMILES string of the molecule is CC(C)C1CCC(CN2C[C@H](O)C(O)C[C@@H]2CO)CC1. The van der Waals surface area contributed by atoms with Crippen LogP contribution in [0, 0.1) is 17.8 Å². The molecule has 1 unspecified atom stereocenters. The summed E-state index contributed by atoms with van der Waals surface area (Å²) in [5.41, 5.74) is 0. The van der Waals surface area contributed by atoms with Crippen molar-refractivity contribution in [2.75, 3.05) is 19.7 Å². The molecule has 1 aliphatic heterocycles.